The first kappa shape index (κ1) is 15.8. The van der Waals surface area contributed by atoms with Crippen molar-refractivity contribution in [2.45, 2.75) is 6.54 Å². The van der Waals surface area contributed by atoms with Gasteiger partial charge in [0.15, 0.2) is 17.2 Å². The van der Waals surface area contributed by atoms with E-state index in [9.17, 15) is 4.79 Å². The fraction of sp³-hybridized carbons (Fsp3) is 0.0500. The zero-order chi connectivity index (χ0) is 17.8. The van der Waals surface area contributed by atoms with E-state index in [4.69, 9.17) is 8.94 Å². The Kier molecular flexibility index (Phi) is 4.30. The summed E-state index contributed by atoms with van der Waals surface area (Å²) in [7, 11) is 0. The van der Waals surface area contributed by atoms with Crippen LogP contribution in [0.3, 0.4) is 0 Å². The molecule has 0 unspecified atom stereocenters. The van der Waals surface area contributed by atoms with E-state index in [0.29, 0.717) is 23.8 Å². The van der Waals surface area contributed by atoms with Gasteiger partial charge < -0.3 is 14.3 Å². The first-order chi connectivity index (χ1) is 12.8. The molecule has 0 radical (unpaired) electrons. The minimum absolute atomic E-state index is 0.229. The molecule has 26 heavy (non-hydrogen) atoms. The Morgan fingerprint density at radius 3 is 2.69 bits per heavy atom. The lowest BCUT2D eigenvalue weighted by atomic mass is 10.1. The monoisotopic (exact) mass is 345 g/mol. The predicted octanol–water partition coefficient (Wildman–Crippen LogP) is 3.93. The molecule has 128 valence electrons. The highest BCUT2D eigenvalue weighted by molar-refractivity contribution is 5.93. The van der Waals surface area contributed by atoms with Crippen molar-refractivity contribution >= 4 is 5.91 Å². The second-order valence-electron chi connectivity index (χ2n) is 5.61. The van der Waals surface area contributed by atoms with Crippen LogP contribution in [0.4, 0.5) is 0 Å². The fourth-order valence-corrected chi connectivity index (χ4v) is 2.60. The average molecular weight is 345 g/mol. The highest BCUT2D eigenvalue weighted by Crippen LogP contribution is 2.22. The highest BCUT2D eigenvalue weighted by atomic mass is 16.5. The summed E-state index contributed by atoms with van der Waals surface area (Å²) in [5, 5.41) is 6.70. The van der Waals surface area contributed by atoms with Crippen LogP contribution in [-0.2, 0) is 6.54 Å². The molecular formula is C20H15N3O3. The molecule has 0 aliphatic carbocycles. The van der Waals surface area contributed by atoms with Gasteiger partial charge in [-0.05, 0) is 18.2 Å². The van der Waals surface area contributed by atoms with Gasteiger partial charge in [0.05, 0.1) is 6.26 Å². The molecule has 0 spiro atoms. The fourth-order valence-electron chi connectivity index (χ4n) is 2.60. The Labute approximate surface area is 149 Å². The van der Waals surface area contributed by atoms with Crippen LogP contribution in [-0.4, -0.2) is 16.0 Å². The molecule has 1 amide bonds. The molecule has 0 bridgehead atoms. The van der Waals surface area contributed by atoms with E-state index >= 15 is 0 Å². The summed E-state index contributed by atoms with van der Waals surface area (Å²) in [5.41, 5.74) is 2.64. The van der Waals surface area contributed by atoms with E-state index in [-0.39, 0.29) is 11.6 Å². The van der Waals surface area contributed by atoms with Crippen LogP contribution < -0.4 is 5.32 Å². The molecule has 4 rings (SSSR count). The number of hydrogen-bond acceptors (Lipinski definition) is 5. The quantitative estimate of drug-likeness (QED) is 0.593. The number of pyridine rings is 1. The number of nitrogens with one attached hydrogen (secondary N) is 1. The van der Waals surface area contributed by atoms with Crippen LogP contribution in [0.1, 0.15) is 16.1 Å². The molecule has 6 heteroatoms. The van der Waals surface area contributed by atoms with Crippen molar-refractivity contribution in [2.24, 2.45) is 0 Å². The maximum absolute atomic E-state index is 12.4. The van der Waals surface area contributed by atoms with Gasteiger partial charge in [-0.25, -0.2) is 0 Å². The lowest BCUT2D eigenvalue weighted by Crippen LogP contribution is -2.23. The molecule has 1 aromatic carbocycles. The molecule has 6 nitrogen and oxygen atoms in total. The highest BCUT2D eigenvalue weighted by Gasteiger charge is 2.15. The molecule has 1 N–H and O–H groups in total. The molecule has 0 saturated carbocycles. The number of aromatic nitrogens is 2. The first-order valence-corrected chi connectivity index (χ1v) is 8.09. The van der Waals surface area contributed by atoms with Gasteiger partial charge in [0.1, 0.15) is 5.69 Å². The Morgan fingerprint density at radius 1 is 1.00 bits per heavy atom. The third kappa shape index (κ3) is 3.25. The first-order valence-electron chi connectivity index (χ1n) is 8.09. The summed E-state index contributed by atoms with van der Waals surface area (Å²) < 4.78 is 10.7. The largest absolute Gasteiger partial charge is 0.463 e. The van der Waals surface area contributed by atoms with Crippen molar-refractivity contribution in [1.29, 1.82) is 0 Å². The molecule has 3 aromatic heterocycles. The van der Waals surface area contributed by atoms with Gasteiger partial charge in [0.25, 0.3) is 5.91 Å². The van der Waals surface area contributed by atoms with Crippen molar-refractivity contribution < 1.29 is 13.7 Å². The van der Waals surface area contributed by atoms with Gasteiger partial charge in [-0.15, -0.1) is 0 Å². The number of hydrogen-bond donors (Lipinski definition) is 1. The number of benzene rings is 1. The Balaban J connectivity index is 1.48. The number of nitrogens with zero attached hydrogens (tertiary/aromatic N) is 2. The van der Waals surface area contributed by atoms with Crippen LogP contribution in [0, 0.1) is 0 Å². The molecule has 0 aliphatic rings. The summed E-state index contributed by atoms with van der Waals surface area (Å²) in [6.07, 6.45) is 3.28. The summed E-state index contributed by atoms with van der Waals surface area (Å²) in [5.74, 6) is 0.890. The molecular weight excluding hydrogens is 330 g/mol. The second kappa shape index (κ2) is 7.06. The normalized spacial score (nSPS) is 10.6. The number of rotatable bonds is 5. The van der Waals surface area contributed by atoms with Gasteiger partial charge in [-0.3, -0.25) is 9.78 Å². The Bertz CT molecular complexity index is 1010. The standard InChI is InChI=1S/C20H15N3O3/c24-20(16-12-18(26-23-16)14-6-2-1-3-7-14)22-13-15-8-4-10-21-19(15)17-9-5-11-25-17/h1-12H,13H2,(H,22,24). The maximum atomic E-state index is 12.4. The summed E-state index contributed by atoms with van der Waals surface area (Å²) in [6, 6.07) is 18.5. The number of furan rings is 1. The van der Waals surface area contributed by atoms with Gasteiger partial charge in [-0.1, -0.05) is 41.6 Å². The van der Waals surface area contributed by atoms with E-state index in [1.807, 2.05) is 48.5 Å². The van der Waals surface area contributed by atoms with Crippen LogP contribution in [0.25, 0.3) is 22.8 Å². The van der Waals surface area contributed by atoms with Gasteiger partial charge in [0, 0.05) is 29.9 Å². The molecule has 3 heterocycles. The lowest BCUT2D eigenvalue weighted by molar-refractivity contribution is 0.0942. The van der Waals surface area contributed by atoms with Crippen molar-refractivity contribution in [3.8, 4) is 22.8 Å². The third-order valence-corrected chi connectivity index (χ3v) is 3.89. The zero-order valence-electron chi connectivity index (χ0n) is 13.8. The van der Waals surface area contributed by atoms with Crippen molar-refractivity contribution in [3.63, 3.8) is 0 Å². The third-order valence-electron chi connectivity index (χ3n) is 3.89. The molecule has 0 atom stereocenters. The molecule has 0 saturated heterocycles. The SMILES string of the molecule is O=C(NCc1cccnc1-c1ccco1)c1cc(-c2ccccc2)on1. The Hall–Kier alpha value is -3.67. The average Bonchev–Trinajstić information content (AvgIpc) is 3.39. The van der Waals surface area contributed by atoms with Crippen LogP contribution >= 0.6 is 0 Å². The molecule has 0 fully saturated rings. The second-order valence-corrected chi connectivity index (χ2v) is 5.61. The van der Waals surface area contributed by atoms with Crippen molar-refractivity contribution in [1.82, 2.24) is 15.5 Å². The topological polar surface area (TPSA) is 81.2 Å². The van der Waals surface area contributed by atoms with Gasteiger partial charge in [0.2, 0.25) is 0 Å². The zero-order valence-corrected chi connectivity index (χ0v) is 13.8. The van der Waals surface area contributed by atoms with Crippen LogP contribution in [0.5, 0.6) is 0 Å². The minimum Gasteiger partial charge on any atom is -0.463 e. The smallest absolute Gasteiger partial charge is 0.273 e. The summed E-state index contributed by atoms with van der Waals surface area (Å²) in [6.45, 7) is 0.302. The van der Waals surface area contributed by atoms with E-state index in [0.717, 1.165) is 11.1 Å². The van der Waals surface area contributed by atoms with E-state index in [1.54, 1.807) is 24.6 Å². The predicted molar refractivity (Wildman–Crippen MR) is 95.0 cm³/mol. The Morgan fingerprint density at radius 2 is 1.88 bits per heavy atom. The lowest BCUT2D eigenvalue weighted by Gasteiger charge is -2.07. The molecule has 0 aliphatic heterocycles. The number of amides is 1. The van der Waals surface area contributed by atoms with E-state index in [2.05, 4.69) is 15.5 Å². The van der Waals surface area contributed by atoms with Crippen molar-refractivity contribution in [3.05, 3.63) is 84.4 Å². The maximum Gasteiger partial charge on any atom is 0.273 e. The van der Waals surface area contributed by atoms with Crippen LogP contribution in [0.2, 0.25) is 0 Å². The van der Waals surface area contributed by atoms with E-state index in [1.165, 1.54) is 0 Å². The van der Waals surface area contributed by atoms with E-state index < -0.39 is 0 Å². The van der Waals surface area contributed by atoms with Crippen LogP contribution in [0.15, 0.2) is 82.1 Å². The van der Waals surface area contributed by atoms with Crippen molar-refractivity contribution in [2.75, 3.05) is 0 Å². The summed E-state index contributed by atoms with van der Waals surface area (Å²) >= 11 is 0. The van der Waals surface area contributed by atoms with Gasteiger partial charge in [-0.2, -0.15) is 0 Å². The number of carbonyl (C=O) groups excluding carboxylic acids is 1. The number of carbonyl (C=O) groups is 1. The molecule has 4 aromatic rings. The van der Waals surface area contributed by atoms with Gasteiger partial charge >= 0.3 is 0 Å². The summed E-state index contributed by atoms with van der Waals surface area (Å²) in [4.78, 5) is 16.7. The minimum atomic E-state index is -0.315.